The first-order chi connectivity index (χ1) is 9.83. The Labute approximate surface area is 119 Å². The Balaban J connectivity index is 2.00. The number of aryl methyl sites for hydroxylation is 1. The fourth-order valence-corrected chi connectivity index (χ4v) is 1.80. The third-order valence-corrected chi connectivity index (χ3v) is 2.66. The Morgan fingerprint density at radius 1 is 1.29 bits per heavy atom. The summed E-state index contributed by atoms with van der Waals surface area (Å²) in [6.07, 6.45) is -4.53. The van der Waals surface area contributed by atoms with E-state index in [1.807, 2.05) is 0 Å². The molecule has 0 unspecified atom stereocenters. The van der Waals surface area contributed by atoms with Gasteiger partial charge < -0.3 is 4.74 Å². The first-order valence-corrected chi connectivity index (χ1v) is 6.19. The number of esters is 1. The largest absolute Gasteiger partial charge is 0.426 e. The maximum atomic E-state index is 12.3. The number of benzene rings is 1. The maximum Gasteiger partial charge on any atom is 0.408 e. The summed E-state index contributed by atoms with van der Waals surface area (Å²) < 4.78 is 42.9. The van der Waals surface area contributed by atoms with Crippen molar-refractivity contribution in [2.45, 2.75) is 26.1 Å². The van der Waals surface area contributed by atoms with E-state index < -0.39 is 18.7 Å². The van der Waals surface area contributed by atoms with Gasteiger partial charge >= 0.3 is 12.1 Å². The summed E-state index contributed by atoms with van der Waals surface area (Å²) in [5.41, 5.74) is 0.590. The van der Waals surface area contributed by atoms with E-state index >= 15 is 0 Å². The van der Waals surface area contributed by atoms with Crippen LogP contribution in [0.4, 0.5) is 13.2 Å². The average Bonchev–Trinajstić information content (AvgIpc) is 2.68. The lowest BCUT2D eigenvalue weighted by Gasteiger charge is -2.07. The molecule has 1 aromatic heterocycles. The summed E-state index contributed by atoms with van der Waals surface area (Å²) >= 11 is 0. The lowest BCUT2D eigenvalue weighted by atomic mass is 10.3. The highest BCUT2D eigenvalue weighted by molar-refractivity contribution is 5.74. The highest BCUT2D eigenvalue weighted by Crippen LogP contribution is 2.19. The van der Waals surface area contributed by atoms with Crippen molar-refractivity contribution < 1.29 is 22.7 Å². The van der Waals surface area contributed by atoms with Gasteiger partial charge in [0.2, 0.25) is 0 Å². The molecule has 2 aromatic rings. The number of halogens is 3. The SMILES string of the molecule is Cc1cc(CC(=O)Oc2ccccc2)nn1CC(F)(F)F. The molecular formula is C14H13F3N2O2. The van der Waals surface area contributed by atoms with Crippen LogP contribution in [0, 0.1) is 6.92 Å². The predicted molar refractivity (Wildman–Crippen MR) is 68.8 cm³/mol. The van der Waals surface area contributed by atoms with Gasteiger partial charge in [-0.25, -0.2) is 0 Å². The van der Waals surface area contributed by atoms with Crippen LogP contribution < -0.4 is 4.74 Å². The molecule has 0 aliphatic heterocycles. The highest BCUT2D eigenvalue weighted by atomic mass is 19.4. The molecule has 0 saturated carbocycles. The van der Waals surface area contributed by atoms with E-state index in [-0.39, 0.29) is 12.1 Å². The number of carbonyl (C=O) groups excluding carboxylic acids is 1. The Morgan fingerprint density at radius 2 is 1.95 bits per heavy atom. The third kappa shape index (κ3) is 4.62. The topological polar surface area (TPSA) is 44.1 Å². The molecule has 0 spiro atoms. The zero-order valence-corrected chi connectivity index (χ0v) is 11.2. The van der Waals surface area contributed by atoms with Crippen LogP contribution in [0.25, 0.3) is 0 Å². The molecule has 0 amide bonds. The zero-order chi connectivity index (χ0) is 15.5. The first kappa shape index (κ1) is 15.1. The van der Waals surface area contributed by atoms with Gasteiger partial charge in [0.05, 0.1) is 12.1 Å². The molecule has 21 heavy (non-hydrogen) atoms. The van der Waals surface area contributed by atoms with Gasteiger partial charge in [-0.3, -0.25) is 9.48 Å². The van der Waals surface area contributed by atoms with Gasteiger partial charge in [0.15, 0.2) is 0 Å². The second kappa shape index (κ2) is 5.99. The lowest BCUT2D eigenvalue weighted by Crippen LogP contribution is -2.20. The molecule has 0 fully saturated rings. The molecule has 7 heteroatoms. The fourth-order valence-electron chi connectivity index (χ4n) is 1.80. The van der Waals surface area contributed by atoms with E-state index in [9.17, 15) is 18.0 Å². The standard InChI is InChI=1S/C14H13F3N2O2/c1-10-7-11(18-19(10)9-14(15,16)17)8-13(20)21-12-5-3-2-4-6-12/h2-7H,8-9H2,1H3. The minimum atomic E-state index is -4.35. The van der Waals surface area contributed by atoms with Crippen molar-refractivity contribution in [3.05, 3.63) is 47.8 Å². The zero-order valence-electron chi connectivity index (χ0n) is 11.2. The third-order valence-electron chi connectivity index (χ3n) is 2.66. The summed E-state index contributed by atoms with van der Waals surface area (Å²) in [5, 5.41) is 3.77. The van der Waals surface area contributed by atoms with Crippen molar-refractivity contribution >= 4 is 5.97 Å². The number of hydrogen-bond acceptors (Lipinski definition) is 3. The first-order valence-electron chi connectivity index (χ1n) is 6.19. The molecule has 0 atom stereocenters. The molecule has 4 nitrogen and oxygen atoms in total. The number of hydrogen-bond donors (Lipinski definition) is 0. The van der Waals surface area contributed by atoms with E-state index in [0.29, 0.717) is 11.4 Å². The Bertz CT molecular complexity index is 621. The molecular weight excluding hydrogens is 285 g/mol. The van der Waals surface area contributed by atoms with Gasteiger partial charge in [-0.05, 0) is 25.1 Å². The second-order valence-corrected chi connectivity index (χ2v) is 4.51. The van der Waals surface area contributed by atoms with Crippen molar-refractivity contribution in [2.75, 3.05) is 0 Å². The van der Waals surface area contributed by atoms with Gasteiger partial charge in [0.25, 0.3) is 0 Å². The van der Waals surface area contributed by atoms with Gasteiger partial charge in [0.1, 0.15) is 12.3 Å². The molecule has 0 saturated heterocycles. The minimum Gasteiger partial charge on any atom is -0.426 e. The number of rotatable bonds is 4. The number of alkyl halides is 3. The van der Waals surface area contributed by atoms with Crippen molar-refractivity contribution in [3.63, 3.8) is 0 Å². The lowest BCUT2D eigenvalue weighted by molar-refractivity contribution is -0.142. The van der Waals surface area contributed by atoms with Gasteiger partial charge in [-0.15, -0.1) is 0 Å². The maximum absolute atomic E-state index is 12.3. The van der Waals surface area contributed by atoms with Crippen LogP contribution in [0.1, 0.15) is 11.4 Å². The van der Waals surface area contributed by atoms with Crippen LogP contribution in [0.5, 0.6) is 5.75 Å². The number of ether oxygens (including phenoxy) is 1. The smallest absolute Gasteiger partial charge is 0.408 e. The Morgan fingerprint density at radius 3 is 2.57 bits per heavy atom. The molecule has 112 valence electrons. The van der Waals surface area contributed by atoms with E-state index in [2.05, 4.69) is 5.10 Å². The number of para-hydroxylation sites is 1. The molecule has 0 aliphatic carbocycles. The van der Waals surface area contributed by atoms with Gasteiger partial charge in [-0.1, -0.05) is 18.2 Å². The van der Waals surface area contributed by atoms with Gasteiger partial charge in [-0.2, -0.15) is 18.3 Å². The van der Waals surface area contributed by atoms with E-state index in [4.69, 9.17) is 4.74 Å². The highest BCUT2D eigenvalue weighted by Gasteiger charge is 2.29. The number of nitrogens with zero attached hydrogens (tertiary/aromatic N) is 2. The molecule has 0 N–H and O–H groups in total. The monoisotopic (exact) mass is 298 g/mol. The Kier molecular flexibility index (Phi) is 4.30. The fraction of sp³-hybridized carbons (Fsp3) is 0.286. The normalized spacial score (nSPS) is 11.4. The van der Waals surface area contributed by atoms with Crippen molar-refractivity contribution in [1.29, 1.82) is 0 Å². The summed E-state index contributed by atoms with van der Waals surface area (Å²) in [5.74, 6) is -0.188. The van der Waals surface area contributed by atoms with Crippen molar-refractivity contribution in [2.24, 2.45) is 0 Å². The number of aromatic nitrogens is 2. The van der Waals surface area contributed by atoms with Crippen LogP contribution in [0.15, 0.2) is 36.4 Å². The summed E-state index contributed by atoms with van der Waals surface area (Å²) in [7, 11) is 0. The van der Waals surface area contributed by atoms with E-state index in [1.165, 1.54) is 13.0 Å². The predicted octanol–water partition coefficient (Wildman–Crippen LogP) is 2.90. The Hall–Kier alpha value is -2.31. The summed E-state index contributed by atoms with van der Waals surface area (Å²) in [6, 6.07) is 9.88. The molecule has 1 aromatic carbocycles. The summed E-state index contributed by atoms with van der Waals surface area (Å²) in [4.78, 5) is 11.7. The molecule has 2 rings (SSSR count). The van der Waals surface area contributed by atoms with Crippen molar-refractivity contribution in [1.82, 2.24) is 9.78 Å². The molecule has 1 heterocycles. The van der Waals surface area contributed by atoms with Crippen molar-refractivity contribution in [3.8, 4) is 5.75 Å². The second-order valence-electron chi connectivity index (χ2n) is 4.51. The average molecular weight is 298 g/mol. The van der Waals surface area contributed by atoms with E-state index in [1.54, 1.807) is 30.3 Å². The molecule has 0 aliphatic rings. The van der Waals surface area contributed by atoms with Crippen LogP contribution in [-0.4, -0.2) is 21.9 Å². The quantitative estimate of drug-likeness (QED) is 0.644. The van der Waals surface area contributed by atoms with Crippen LogP contribution in [0.2, 0.25) is 0 Å². The molecule has 0 bridgehead atoms. The number of carbonyl (C=O) groups is 1. The summed E-state index contributed by atoms with van der Waals surface area (Å²) in [6.45, 7) is 0.331. The van der Waals surface area contributed by atoms with E-state index in [0.717, 1.165) is 4.68 Å². The van der Waals surface area contributed by atoms with Crippen LogP contribution >= 0.6 is 0 Å². The van der Waals surface area contributed by atoms with Gasteiger partial charge in [0, 0.05) is 5.69 Å². The van der Waals surface area contributed by atoms with Crippen LogP contribution in [0.3, 0.4) is 0 Å². The van der Waals surface area contributed by atoms with Crippen LogP contribution in [-0.2, 0) is 17.8 Å². The minimum absolute atomic E-state index is 0.180. The molecule has 0 radical (unpaired) electrons.